The summed E-state index contributed by atoms with van der Waals surface area (Å²) in [7, 11) is 0. The molecular weight excluding hydrogens is 644 g/mol. The third kappa shape index (κ3) is 9.03. The fourth-order valence-electron chi connectivity index (χ4n) is 7.05. The fraction of sp³-hybridized carbons (Fsp3) is 0.333. The molecule has 0 radical (unpaired) electrons. The van der Waals surface area contributed by atoms with Gasteiger partial charge in [0, 0.05) is 37.8 Å². The molecule has 9 heteroatoms. The number of hydrogen-bond acceptors (Lipinski definition) is 7. The number of alkyl carbamates (subject to hydrolysis) is 2. The Morgan fingerprint density at radius 2 is 0.784 bits per heavy atom. The zero-order chi connectivity index (χ0) is 35.4. The van der Waals surface area contributed by atoms with E-state index in [2.05, 4.69) is 59.2 Å². The summed E-state index contributed by atoms with van der Waals surface area (Å²) in [5.41, 5.74) is 9.38. The van der Waals surface area contributed by atoms with Crippen molar-refractivity contribution in [2.75, 3.05) is 26.3 Å². The summed E-state index contributed by atoms with van der Waals surface area (Å²) in [4.78, 5) is 48.8. The van der Waals surface area contributed by atoms with Gasteiger partial charge in [0.2, 0.25) is 0 Å². The topological polar surface area (TPSA) is 120 Å². The highest BCUT2D eigenvalue weighted by Crippen LogP contribution is 2.45. The fourth-order valence-corrected chi connectivity index (χ4v) is 7.05. The Morgan fingerprint density at radius 3 is 1.14 bits per heavy atom. The number of benzene rings is 4. The highest BCUT2D eigenvalue weighted by Gasteiger charge is 2.30. The number of carbonyl (C=O) groups is 4. The quantitative estimate of drug-likeness (QED) is 0.0526. The van der Waals surface area contributed by atoms with Crippen LogP contribution in [-0.4, -0.2) is 50.4 Å². The molecule has 2 aliphatic carbocycles. The lowest BCUT2D eigenvalue weighted by Crippen LogP contribution is -2.27. The first-order valence-electron chi connectivity index (χ1n) is 17.9. The summed E-state index contributed by atoms with van der Waals surface area (Å²) in [5, 5.41) is 5.56. The molecule has 0 fully saturated rings. The van der Waals surface area contributed by atoms with Crippen molar-refractivity contribution in [2.45, 2.75) is 63.2 Å². The van der Waals surface area contributed by atoms with Gasteiger partial charge in [-0.1, -0.05) is 110 Å². The van der Waals surface area contributed by atoms with E-state index in [0.717, 1.165) is 22.3 Å². The van der Waals surface area contributed by atoms with Crippen LogP contribution in [0.3, 0.4) is 0 Å². The minimum atomic E-state index is -0.540. The second kappa shape index (κ2) is 17.5. The van der Waals surface area contributed by atoms with E-state index in [0.29, 0.717) is 51.6 Å². The predicted octanol–water partition coefficient (Wildman–Crippen LogP) is 8.25. The molecule has 0 heterocycles. The smallest absolute Gasteiger partial charge is 0.407 e. The van der Waals surface area contributed by atoms with E-state index in [-0.39, 0.29) is 37.9 Å². The molecule has 6 rings (SSSR count). The van der Waals surface area contributed by atoms with E-state index in [1.165, 1.54) is 22.3 Å². The molecule has 2 N–H and O–H groups in total. The number of carbonyl (C=O) groups excluding carboxylic acids is 4. The lowest BCUT2D eigenvalue weighted by atomic mass is 9.98. The summed E-state index contributed by atoms with van der Waals surface area (Å²) in [6, 6.07) is 32.8. The molecule has 2 amide bonds. The Balaban J connectivity index is 0.761. The minimum absolute atomic E-state index is 0.00984. The van der Waals surface area contributed by atoms with Crippen molar-refractivity contribution in [3.63, 3.8) is 0 Å². The number of rotatable bonds is 16. The zero-order valence-corrected chi connectivity index (χ0v) is 28.7. The van der Waals surface area contributed by atoms with Gasteiger partial charge in [-0.15, -0.1) is 0 Å². The number of amides is 2. The lowest BCUT2D eigenvalue weighted by Gasteiger charge is -2.14. The molecule has 0 bridgehead atoms. The highest BCUT2D eigenvalue weighted by molar-refractivity contribution is 5.85. The van der Waals surface area contributed by atoms with Crippen molar-refractivity contribution >= 4 is 24.1 Å². The summed E-state index contributed by atoms with van der Waals surface area (Å²) < 4.78 is 16.1. The highest BCUT2D eigenvalue weighted by atomic mass is 16.6. The summed E-state index contributed by atoms with van der Waals surface area (Å²) in [5.74, 6) is -1.06. The second-order valence-electron chi connectivity index (χ2n) is 13.0. The van der Waals surface area contributed by atoms with Crippen LogP contribution in [0, 0.1) is 0 Å². The van der Waals surface area contributed by atoms with Crippen molar-refractivity contribution in [2.24, 2.45) is 0 Å². The molecule has 0 aromatic heterocycles. The van der Waals surface area contributed by atoms with Gasteiger partial charge < -0.3 is 24.8 Å². The van der Waals surface area contributed by atoms with Crippen molar-refractivity contribution in [1.82, 2.24) is 10.6 Å². The maximum atomic E-state index is 12.3. The lowest BCUT2D eigenvalue weighted by molar-refractivity contribution is -0.159. The van der Waals surface area contributed by atoms with Gasteiger partial charge in [-0.2, -0.15) is 0 Å². The molecule has 0 aliphatic heterocycles. The Morgan fingerprint density at radius 1 is 0.451 bits per heavy atom. The number of nitrogens with one attached hydrogen (secondary N) is 2. The molecule has 0 saturated heterocycles. The zero-order valence-electron chi connectivity index (χ0n) is 28.7. The molecule has 51 heavy (non-hydrogen) atoms. The maximum absolute atomic E-state index is 12.3. The number of ether oxygens (including phenoxy) is 3. The van der Waals surface area contributed by atoms with Crippen LogP contribution in [-0.2, 0) is 23.8 Å². The van der Waals surface area contributed by atoms with Crippen LogP contribution in [0.4, 0.5) is 9.59 Å². The molecule has 4 aromatic carbocycles. The first-order valence-corrected chi connectivity index (χ1v) is 17.9. The number of unbranched alkanes of at least 4 members (excludes halogenated alkanes) is 4. The van der Waals surface area contributed by atoms with Gasteiger partial charge in [-0.3, -0.25) is 9.59 Å². The Kier molecular flexibility index (Phi) is 12.1. The van der Waals surface area contributed by atoms with Gasteiger partial charge in [0.15, 0.2) is 0 Å². The van der Waals surface area contributed by atoms with E-state index in [9.17, 15) is 19.2 Å². The van der Waals surface area contributed by atoms with Gasteiger partial charge in [0.25, 0.3) is 0 Å². The van der Waals surface area contributed by atoms with Crippen LogP contribution in [0.25, 0.3) is 22.3 Å². The van der Waals surface area contributed by atoms with Gasteiger partial charge in [-0.05, 0) is 70.2 Å². The number of hydrogen-bond donors (Lipinski definition) is 2. The van der Waals surface area contributed by atoms with Crippen LogP contribution < -0.4 is 10.6 Å². The van der Waals surface area contributed by atoms with E-state index in [4.69, 9.17) is 14.2 Å². The van der Waals surface area contributed by atoms with Crippen molar-refractivity contribution in [3.8, 4) is 22.3 Å². The Labute approximate surface area is 298 Å². The third-order valence-electron chi connectivity index (χ3n) is 9.57. The van der Waals surface area contributed by atoms with Crippen molar-refractivity contribution < 1.29 is 33.4 Å². The van der Waals surface area contributed by atoms with Gasteiger partial charge >= 0.3 is 24.1 Å². The van der Waals surface area contributed by atoms with E-state index >= 15 is 0 Å². The molecule has 4 aromatic rings. The molecule has 0 atom stereocenters. The monoisotopic (exact) mass is 688 g/mol. The van der Waals surface area contributed by atoms with Gasteiger partial charge in [0.1, 0.15) is 13.2 Å². The largest absolute Gasteiger partial charge is 0.449 e. The number of esters is 2. The molecule has 2 aliphatic rings. The molecule has 264 valence electrons. The molecule has 0 spiro atoms. The molecule has 0 saturated carbocycles. The second-order valence-corrected chi connectivity index (χ2v) is 13.0. The van der Waals surface area contributed by atoms with E-state index in [1.807, 2.05) is 48.5 Å². The van der Waals surface area contributed by atoms with Gasteiger partial charge in [0.05, 0.1) is 0 Å². The van der Waals surface area contributed by atoms with Crippen molar-refractivity contribution in [3.05, 3.63) is 119 Å². The van der Waals surface area contributed by atoms with Crippen LogP contribution >= 0.6 is 0 Å². The molecule has 0 unspecified atom stereocenters. The predicted molar refractivity (Wildman–Crippen MR) is 194 cm³/mol. The Bertz CT molecular complexity index is 1630. The first kappa shape index (κ1) is 35.4. The standard InChI is InChI=1S/C42H44N2O7/c45-39(23-3-1-13-25-43-41(47)49-27-37-33-19-9-5-15-29(33)30-16-6-10-20-34(30)37)51-40(46)24-4-2-14-26-44-42(48)50-28-38-35-21-11-7-17-31(35)32-18-8-12-22-36(32)38/h5-12,15-22,37-38H,1-4,13-14,23-28H2,(H,43,47)(H,44,48). The summed E-state index contributed by atoms with van der Waals surface area (Å²) >= 11 is 0. The van der Waals surface area contributed by atoms with Crippen LogP contribution in [0.2, 0.25) is 0 Å². The first-order chi connectivity index (χ1) is 25.0. The summed E-state index contributed by atoms with van der Waals surface area (Å²) in [6.07, 6.45) is 3.21. The van der Waals surface area contributed by atoms with Crippen molar-refractivity contribution in [1.29, 1.82) is 0 Å². The molecule has 9 nitrogen and oxygen atoms in total. The normalized spacial score (nSPS) is 12.6. The van der Waals surface area contributed by atoms with E-state index < -0.39 is 24.1 Å². The van der Waals surface area contributed by atoms with Crippen LogP contribution in [0.5, 0.6) is 0 Å². The van der Waals surface area contributed by atoms with E-state index in [1.54, 1.807) is 0 Å². The minimum Gasteiger partial charge on any atom is -0.449 e. The third-order valence-corrected chi connectivity index (χ3v) is 9.57. The molecular formula is C42H44N2O7. The summed E-state index contributed by atoms with van der Waals surface area (Å²) in [6.45, 7) is 1.39. The van der Waals surface area contributed by atoms with Gasteiger partial charge in [-0.25, -0.2) is 9.59 Å². The number of fused-ring (bicyclic) bond motifs is 6. The Hall–Kier alpha value is -5.44. The average molecular weight is 689 g/mol. The maximum Gasteiger partial charge on any atom is 0.407 e. The average Bonchev–Trinajstić information content (AvgIpc) is 3.65. The van der Waals surface area contributed by atoms with Crippen LogP contribution in [0.1, 0.15) is 85.5 Å². The van der Waals surface area contributed by atoms with Crippen LogP contribution in [0.15, 0.2) is 97.1 Å². The SMILES string of the molecule is O=C(CCCCCNC(=O)OCC1c2ccccc2-c2ccccc21)OC(=O)CCCCCNC(=O)OCC1c2ccccc2-c2ccccc21.